The van der Waals surface area contributed by atoms with Gasteiger partial charge in [0, 0.05) is 24.8 Å². The first-order chi connectivity index (χ1) is 10.9. The minimum Gasteiger partial charge on any atom is -0.515 e. The van der Waals surface area contributed by atoms with Crippen molar-refractivity contribution < 1.29 is 29.5 Å². The van der Waals surface area contributed by atoms with Gasteiger partial charge in [-0.2, -0.15) is 0 Å². The lowest BCUT2D eigenvalue weighted by atomic mass is 9.84. The summed E-state index contributed by atoms with van der Waals surface area (Å²) in [4.78, 5) is 0. The highest BCUT2D eigenvalue weighted by molar-refractivity contribution is 5.14. The van der Waals surface area contributed by atoms with Crippen LogP contribution in [-0.4, -0.2) is 84.9 Å². The average molecular weight is 333 g/mol. The molecule has 0 bridgehead atoms. The Morgan fingerprint density at radius 2 is 1.87 bits per heavy atom. The smallest absolute Gasteiger partial charge is 0.186 e. The Labute approximate surface area is 135 Å². The van der Waals surface area contributed by atoms with Crippen molar-refractivity contribution in [2.75, 3.05) is 20.8 Å². The van der Waals surface area contributed by atoms with Crippen LogP contribution in [-0.2, 0) is 14.2 Å². The summed E-state index contributed by atoms with van der Waals surface area (Å²) in [5.74, 6) is 0. The summed E-state index contributed by atoms with van der Waals surface area (Å²) in [6.45, 7) is 0.0923. The molecule has 2 fully saturated rings. The number of rotatable bonds is 4. The molecule has 8 atom stereocenters. The molecule has 2 rings (SSSR count). The van der Waals surface area contributed by atoms with Crippen LogP contribution in [0.1, 0.15) is 6.42 Å². The maximum Gasteiger partial charge on any atom is 0.186 e. The Balaban J connectivity index is 2.08. The van der Waals surface area contributed by atoms with Gasteiger partial charge in [0.25, 0.3) is 0 Å². The van der Waals surface area contributed by atoms with Crippen molar-refractivity contribution in [3.05, 3.63) is 11.8 Å². The zero-order chi connectivity index (χ0) is 17.1. The number of aliphatic hydroxyl groups excluding tert-OH is 3. The van der Waals surface area contributed by atoms with E-state index < -0.39 is 48.8 Å². The minimum absolute atomic E-state index is 0.0923. The van der Waals surface area contributed by atoms with Crippen LogP contribution in [0.5, 0.6) is 0 Å². The first kappa shape index (κ1) is 18.6. The van der Waals surface area contributed by atoms with Gasteiger partial charge in [0.1, 0.15) is 24.4 Å². The van der Waals surface area contributed by atoms with Crippen LogP contribution in [0.2, 0.25) is 0 Å². The molecular weight excluding hydrogens is 306 g/mol. The first-order valence-corrected chi connectivity index (χ1v) is 7.62. The molecule has 1 saturated heterocycles. The minimum atomic E-state index is -1.07. The predicted octanol–water partition coefficient (Wildman–Crippen LogP) is -2.45. The summed E-state index contributed by atoms with van der Waals surface area (Å²) in [6.07, 6.45) is -3.15. The maximum atomic E-state index is 10.4. The monoisotopic (exact) mass is 333 g/mol. The zero-order valence-corrected chi connectivity index (χ0v) is 13.3. The van der Waals surface area contributed by atoms with Gasteiger partial charge in [-0.3, -0.25) is 0 Å². The highest BCUT2D eigenvalue weighted by atomic mass is 16.7. The number of ether oxygens (including phenoxy) is 3. The number of likely N-dealkylation sites (N-methyl/N-ethyl adjacent to an activating group) is 1. The lowest BCUT2D eigenvalue weighted by molar-refractivity contribution is -0.260. The Bertz CT molecular complexity index is 423. The van der Waals surface area contributed by atoms with Gasteiger partial charge < -0.3 is 46.3 Å². The van der Waals surface area contributed by atoms with Gasteiger partial charge in [0.15, 0.2) is 6.29 Å². The number of hydrogen-bond acceptors (Lipinski definition) is 9. The SMILES string of the molecule is CN[C@H]1/C(=C\O)CO[C@H](O[C@H]2[C@H](N)C[C@H](N)C(OC)[C@@H]2O)[C@@H]1O. The van der Waals surface area contributed by atoms with Gasteiger partial charge >= 0.3 is 0 Å². The van der Waals surface area contributed by atoms with E-state index in [-0.39, 0.29) is 6.61 Å². The van der Waals surface area contributed by atoms with E-state index in [9.17, 15) is 15.3 Å². The van der Waals surface area contributed by atoms with Crippen LogP contribution in [0.4, 0.5) is 0 Å². The summed E-state index contributed by atoms with van der Waals surface area (Å²) < 4.78 is 16.4. The number of hydrogen-bond donors (Lipinski definition) is 6. The van der Waals surface area contributed by atoms with Crippen LogP contribution in [0.15, 0.2) is 11.8 Å². The van der Waals surface area contributed by atoms with Gasteiger partial charge in [-0.25, -0.2) is 0 Å². The summed E-state index contributed by atoms with van der Waals surface area (Å²) >= 11 is 0. The third kappa shape index (κ3) is 3.67. The molecule has 8 N–H and O–H groups in total. The van der Waals surface area contributed by atoms with Crippen molar-refractivity contribution in [3.8, 4) is 0 Å². The molecule has 1 saturated carbocycles. The van der Waals surface area contributed by atoms with E-state index in [1.807, 2.05) is 0 Å². The average Bonchev–Trinajstić information content (AvgIpc) is 2.52. The van der Waals surface area contributed by atoms with Gasteiger partial charge in [-0.1, -0.05) is 0 Å². The molecule has 1 heterocycles. The second-order valence-electron chi connectivity index (χ2n) is 6.00. The lowest BCUT2D eigenvalue weighted by Gasteiger charge is -2.44. The molecule has 0 aromatic carbocycles. The summed E-state index contributed by atoms with van der Waals surface area (Å²) in [7, 11) is 3.11. The molecule has 1 aliphatic heterocycles. The van der Waals surface area contributed by atoms with E-state index in [2.05, 4.69) is 5.32 Å². The molecule has 1 aliphatic carbocycles. The van der Waals surface area contributed by atoms with Crippen molar-refractivity contribution in [2.24, 2.45) is 11.5 Å². The number of nitrogens with one attached hydrogen (secondary N) is 1. The maximum absolute atomic E-state index is 10.4. The molecule has 0 aromatic rings. The van der Waals surface area contributed by atoms with Crippen LogP contribution < -0.4 is 16.8 Å². The highest BCUT2D eigenvalue weighted by Gasteiger charge is 2.46. The predicted molar refractivity (Wildman–Crippen MR) is 81.6 cm³/mol. The molecule has 0 amide bonds. The van der Waals surface area contributed by atoms with Gasteiger partial charge in [0.05, 0.1) is 18.9 Å². The van der Waals surface area contributed by atoms with Crippen molar-refractivity contribution in [2.45, 2.75) is 55.3 Å². The quantitative estimate of drug-likeness (QED) is 0.308. The zero-order valence-electron chi connectivity index (χ0n) is 13.3. The van der Waals surface area contributed by atoms with E-state index >= 15 is 0 Å². The number of methoxy groups -OCH3 is 1. The Kier molecular flexibility index (Phi) is 6.34. The number of aliphatic hydroxyl groups is 3. The molecule has 0 radical (unpaired) electrons. The Hall–Kier alpha value is -0.780. The molecule has 23 heavy (non-hydrogen) atoms. The molecule has 0 aromatic heterocycles. The second-order valence-corrected chi connectivity index (χ2v) is 6.00. The summed E-state index contributed by atoms with van der Waals surface area (Å²) in [5, 5.41) is 32.8. The van der Waals surface area contributed by atoms with Gasteiger partial charge in [0.2, 0.25) is 0 Å². The fraction of sp³-hybridized carbons (Fsp3) is 0.857. The van der Waals surface area contributed by atoms with E-state index in [1.54, 1.807) is 7.05 Å². The van der Waals surface area contributed by atoms with Crippen molar-refractivity contribution >= 4 is 0 Å². The first-order valence-electron chi connectivity index (χ1n) is 7.62. The molecule has 9 heteroatoms. The Morgan fingerprint density at radius 1 is 1.22 bits per heavy atom. The fourth-order valence-electron chi connectivity index (χ4n) is 3.26. The largest absolute Gasteiger partial charge is 0.515 e. The normalized spacial score (nSPS) is 47.0. The molecule has 134 valence electrons. The molecular formula is C14H27N3O6. The second kappa shape index (κ2) is 7.86. The summed E-state index contributed by atoms with van der Waals surface area (Å²) in [5.41, 5.74) is 12.5. The van der Waals surface area contributed by atoms with Crippen molar-refractivity contribution in [1.82, 2.24) is 5.32 Å². The van der Waals surface area contributed by atoms with Crippen LogP contribution in [0, 0.1) is 0 Å². The van der Waals surface area contributed by atoms with Gasteiger partial charge in [-0.15, -0.1) is 0 Å². The van der Waals surface area contributed by atoms with E-state index in [0.29, 0.717) is 12.0 Å². The molecule has 2 aliphatic rings. The van der Waals surface area contributed by atoms with Crippen molar-refractivity contribution in [3.63, 3.8) is 0 Å². The van der Waals surface area contributed by atoms with E-state index in [1.165, 1.54) is 7.11 Å². The lowest BCUT2D eigenvalue weighted by Crippen LogP contribution is -2.64. The Morgan fingerprint density at radius 3 is 2.43 bits per heavy atom. The van der Waals surface area contributed by atoms with Gasteiger partial charge in [-0.05, 0) is 13.5 Å². The highest BCUT2D eigenvalue weighted by Crippen LogP contribution is 2.27. The van der Waals surface area contributed by atoms with Crippen LogP contribution >= 0.6 is 0 Å². The molecule has 0 spiro atoms. The van der Waals surface area contributed by atoms with E-state index in [4.69, 9.17) is 25.7 Å². The van der Waals surface area contributed by atoms with E-state index in [0.717, 1.165) is 6.26 Å². The summed E-state index contributed by atoms with van der Waals surface area (Å²) in [6, 6.07) is -1.42. The van der Waals surface area contributed by atoms with Crippen molar-refractivity contribution in [1.29, 1.82) is 0 Å². The van der Waals surface area contributed by atoms with Crippen LogP contribution in [0.25, 0.3) is 0 Å². The third-order valence-corrected chi connectivity index (χ3v) is 4.54. The molecule has 1 unspecified atom stereocenters. The standard InChI is InChI=1S/C14H27N3O6/c1-17-9-6(4-18)5-22-14(10(9)19)23-13-8(16)3-7(15)12(21-2)11(13)20/h4,7-14,17-20H,3,5,15-16H2,1-2H3/b6-4-/t7-,8+,9-,10+,11-,12?,13-,14+/m0/s1. The number of nitrogens with two attached hydrogens (primary N) is 2. The fourth-order valence-corrected chi connectivity index (χ4v) is 3.26. The molecule has 9 nitrogen and oxygen atoms in total. The third-order valence-electron chi connectivity index (χ3n) is 4.54. The van der Waals surface area contributed by atoms with Crippen LogP contribution in [0.3, 0.4) is 0 Å². The topological polar surface area (TPSA) is 152 Å².